The molecule has 0 aliphatic carbocycles. The van der Waals surface area contributed by atoms with E-state index < -0.39 is 10.0 Å². The molecule has 1 aliphatic rings. The van der Waals surface area contributed by atoms with Gasteiger partial charge in [0.05, 0.1) is 4.90 Å². The van der Waals surface area contributed by atoms with Gasteiger partial charge in [0.2, 0.25) is 10.0 Å². The molecule has 1 atom stereocenters. The summed E-state index contributed by atoms with van der Waals surface area (Å²) in [5.74, 6) is 0.511. The molecule has 96 valence electrons. The Morgan fingerprint density at radius 1 is 1.59 bits per heavy atom. The van der Waals surface area contributed by atoms with Crippen LogP contribution < -0.4 is 5.73 Å². The van der Waals surface area contributed by atoms with Crippen molar-refractivity contribution in [2.24, 2.45) is 11.7 Å². The number of sulfonamides is 1. The summed E-state index contributed by atoms with van der Waals surface area (Å²) >= 11 is 1.41. The number of hydrogen-bond acceptors (Lipinski definition) is 4. The van der Waals surface area contributed by atoms with Crippen molar-refractivity contribution in [1.82, 2.24) is 4.31 Å². The minimum Gasteiger partial charge on any atom is -0.326 e. The van der Waals surface area contributed by atoms with Gasteiger partial charge < -0.3 is 5.73 Å². The average molecular weight is 274 g/mol. The van der Waals surface area contributed by atoms with Crippen molar-refractivity contribution in [2.75, 3.05) is 13.1 Å². The second kappa shape index (κ2) is 5.06. The molecule has 2 N–H and O–H groups in total. The van der Waals surface area contributed by atoms with E-state index in [0.29, 0.717) is 30.4 Å². The first-order valence-corrected chi connectivity index (χ1v) is 8.17. The molecule has 0 saturated carbocycles. The Kier molecular flexibility index (Phi) is 3.87. The molecule has 2 heterocycles. The van der Waals surface area contributed by atoms with Gasteiger partial charge >= 0.3 is 0 Å². The van der Waals surface area contributed by atoms with Gasteiger partial charge in [0, 0.05) is 29.9 Å². The van der Waals surface area contributed by atoms with Crippen molar-refractivity contribution in [3.8, 4) is 0 Å². The summed E-state index contributed by atoms with van der Waals surface area (Å²) in [4.78, 5) is 1.31. The number of nitrogens with zero attached hydrogens (tertiary/aromatic N) is 1. The van der Waals surface area contributed by atoms with E-state index in [1.54, 1.807) is 15.8 Å². The van der Waals surface area contributed by atoms with Crippen molar-refractivity contribution in [3.05, 3.63) is 16.3 Å². The molecule has 17 heavy (non-hydrogen) atoms. The monoisotopic (exact) mass is 274 g/mol. The van der Waals surface area contributed by atoms with Crippen molar-refractivity contribution in [2.45, 2.75) is 31.2 Å². The molecule has 4 nitrogen and oxygen atoms in total. The lowest BCUT2D eigenvalue weighted by Gasteiger charge is -2.15. The van der Waals surface area contributed by atoms with Crippen molar-refractivity contribution in [1.29, 1.82) is 0 Å². The normalized spacial score (nSPS) is 22.1. The van der Waals surface area contributed by atoms with Crippen LogP contribution in [0.4, 0.5) is 0 Å². The molecule has 1 aliphatic heterocycles. The van der Waals surface area contributed by atoms with Crippen LogP contribution in [-0.4, -0.2) is 25.8 Å². The summed E-state index contributed by atoms with van der Waals surface area (Å²) < 4.78 is 26.2. The number of thiophene rings is 1. The lowest BCUT2D eigenvalue weighted by atomic mass is 10.1. The standard InChI is InChI=1S/C11H18N2O2S2/c1-2-9-3-4-13(7-9)17(14,15)11-5-10(6-12)16-8-11/h5,8-9H,2-4,6-7,12H2,1H3. The third kappa shape index (κ3) is 2.54. The minimum atomic E-state index is -3.28. The van der Waals surface area contributed by atoms with E-state index in [1.165, 1.54) is 11.3 Å². The highest BCUT2D eigenvalue weighted by Crippen LogP contribution is 2.28. The minimum absolute atomic E-state index is 0.401. The molecule has 1 aromatic heterocycles. The second-order valence-corrected chi connectivity index (χ2v) is 7.31. The third-order valence-electron chi connectivity index (χ3n) is 3.29. The van der Waals surface area contributed by atoms with Crippen LogP contribution in [-0.2, 0) is 16.6 Å². The maximum absolute atomic E-state index is 12.3. The van der Waals surface area contributed by atoms with E-state index in [4.69, 9.17) is 5.73 Å². The van der Waals surface area contributed by atoms with E-state index >= 15 is 0 Å². The largest absolute Gasteiger partial charge is 0.326 e. The molecule has 0 amide bonds. The van der Waals surface area contributed by atoms with Crippen molar-refractivity contribution in [3.63, 3.8) is 0 Å². The zero-order valence-electron chi connectivity index (χ0n) is 9.93. The summed E-state index contributed by atoms with van der Waals surface area (Å²) in [5, 5.41) is 1.69. The van der Waals surface area contributed by atoms with E-state index in [0.717, 1.165) is 17.7 Å². The van der Waals surface area contributed by atoms with Gasteiger partial charge in [0.1, 0.15) is 0 Å². The molecule has 0 bridgehead atoms. The van der Waals surface area contributed by atoms with Crippen molar-refractivity contribution < 1.29 is 8.42 Å². The summed E-state index contributed by atoms with van der Waals surface area (Å²) in [7, 11) is -3.28. The van der Waals surface area contributed by atoms with Crippen LogP contribution in [0, 0.1) is 5.92 Å². The van der Waals surface area contributed by atoms with Gasteiger partial charge in [-0.25, -0.2) is 8.42 Å². The Bertz CT molecular complexity index is 481. The molecule has 1 fully saturated rings. The van der Waals surface area contributed by atoms with Gasteiger partial charge in [0.25, 0.3) is 0 Å². The molecule has 0 radical (unpaired) electrons. The Hall–Kier alpha value is -0.430. The zero-order valence-corrected chi connectivity index (χ0v) is 11.6. The summed E-state index contributed by atoms with van der Waals surface area (Å²) in [6.45, 7) is 3.82. The first-order valence-electron chi connectivity index (χ1n) is 5.85. The molecular weight excluding hydrogens is 256 g/mol. The molecule has 0 aromatic carbocycles. The van der Waals surface area contributed by atoms with Gasteiger partial charge in [-0.2, -0.15) is 4.31 Å². The maximum atomic E-state index is 12.3. The molecule has 1 saturated heterocycles. The van der Waals surface area contributed by atoms with Crippen LogP contribution in [0.25, 0.3) is 0 Å². The number of nitrogens with two attached hydrogens (primary N) is 1. The van der Waals surface area contributed by atoms with Gasteiger partial charge in [-0.1, -0.05) is 13.3 Å². The molecule has 1 unspecified atom stereocenters. The molecule has 6 heteroatoms. The Balaban J connectivity index is 2.19. The maximum Gasteiger partial charge on any atom is 0.243 e. The lowest BCUT2D eigenvalue weighted by molar-refractivity contribution is 0.453. The van der Waals surface area contributed by atoms with E-state index in [2.05, 4.69) is 6.92 Å². The van der Waals surface area contributed by atoms with Crippen molar-refractivity contribution >= 4 is 21.4 Å². The van der Waals surface area contributed by atoms with E-state index in [-0.39, 0.29) is 0 Å². The quantitative estimate of drug-likeness (QED) is 0.907. The van der Waals surface area contributed by atoms with Gasteiger partial charge in [-0.15, -0.1) is 11.3 Å². The van der Waals surface area contributed by atoms with Crippen LogP contribution in [0.5, 0.6) is 0 Å². The molecular formula is C11H18N2O2S2. The number of rotatable bonds is 4. The summed E-state index contributed by atoms with van der Waals surface area (Å²) in [6, 6.07) is 1.69. The Morgan fingerprint density at radius 3 is 2.88 bits per heavy atom. The SMILES string of the molecule is CCC1CCN(S(=O)(=O)c2csc(CN)c2)C1. The van der Waals surface area contributed by atoms with E-state index in [1.807, 2.05) is 0 Å². The highest BCUT2D eigenvalue weighted by Gasteiger charge is 2.32. The fourth-order valence-electron chi connectivity index (χ4n) is 2.10. The predicted octanol–water partition coefficient (Wildman–Crippen LogP) is 1.63. The first-order chi connectivity index (χ1) is 8.07. The molecule has 2 rings (SSSR count). The van der Waals surface area contributed by atoms with Gasteiger partial charge in [0.15, 0.2) is 0 Å². The van der Waals surface area contributed by atoms with Gasteiger partial charge in [-0.05, 0) is 18.4 Å². The van der Waals surface area contributed by atoms with Gasteiger partial charge in [-0.3, -0.25) is 0 Å². The fourth-order valence-corrected chi connectivity index (χ4v) is 4.77. The average Bonchev–Trinajstić information content (AvgIpc) is 2.98. The van der Waals surface area contributed by atoms with Crippen LogP contribution in [0.2, 0.25) is 0 Å². The molecule has 0 spiro atoms. The highest BCUT2D eigenvalue weighted by molar-refractivity contribution is 7.89. The fraction of sp³-hybridized carbons (Fsp3) is 0.636. The third-order valence-corrected chi connectivity index (χ3v) is 6.25. The Morgan fingerprint density at radius 2 is 2.35 bits per heavy atom. The second-order valence-electron chi connectivity index (χ2n) is 4.38. The van der Waals surface area contributed by atoms with Crippen LogP contribution in [0.3, 0.4) is 0 Å². The van der Waals surface area contributed by atoms with Crippen LogP contribution in [0.15, 0.2) is 16.3 Å². The molecule has 1 aromatic rings. The van der Waals surface area contributed by atoms with E-state index in [9.17, 15) is 8.42 Å². The first kappa shape index (κ1) is 13.0. The summed E-state index contributed by atoms with van der Waals surface area (Å²) in [5.41, 5.74) is 5.51. The predicted molar refractivity (Wildman–Crippen MR) is 69.4 cm³/mol. The van der Waals surface area contributed by atoms with Crippen LogP contribution in [0.1, 0.15) is 24.6 Å². The van der Waals surface area contributed by atoms with Crippen LogP contribution >= 0.6 is 11.3 Å². The lowest BCUT2D eigenvalue weighted by Crippen LogP contribution is -2.28. The highest BCUT2D eigenvalue weighted by atomic mass is 32.2. The number of hydrogen-bond donors (Lipinski definition) is 1. The Labute approximate surface area is 106 Å². The topological polar surface area (TPSA) is 63.4 Å². The zero-order chi connectivity index (χ0) is 12.5. The summed E-state index contributed by atoms with van der Waals surface area (Å²) in [6.07, 6.45) is 2.02. The smallest absolute Gasteiger partial charge is 0.243 e.